The second kappa shape index (κ2) is 5.28. The summed E-state index contributed by atoms with van der Waals surface area (Å²) in [6, 6.07) is 5.82. The number of hydrogen-bond acceptors (Lipinski definition) is 3. The molecular formula is C13H19NO3S. The number of benzene rings is 1. The molecule has 1 N–H and O–H groups in total. The lowest BCUT2D eigenvalue weighted by atomic mass is 10.1. The van der Waals surface area contributed by atoms with Crippen molar-refractivity contribution in [3.63, 3.8) is 0 Å². The molecule has 0 heterocycles. The summed E-state index contributed by atoms with van der Waals surface area (Å²) in [6.07, 6.45) is 4.62. The molecule has 1 aliphatic carbocycles. The van der Waals surface area contributed by atoms with Gasteiger partial charge < -0.3 is 5.11 Å². The van der Waals surface area contributed by atoms with Crippen molar-refractivity contribution < 1.29 is 13.5 Å². The van der Waals surface area contributed by atoms with Gasteiger partial charge in [0, 0.05) is 13.6 Å². The third-order valence-electron chi connectivity index (χ3n) is 3.52. The van der Waals surface area contributed by atoms with Gasteiger partial charge in [-0.1, -0.05) is 18.9 Å². The van der Waals surface area contributed by atoms with Gasteiger partial charge in [-0.25, -0.2) is 12.7 Å². The topological polar surface area (TPSA) is 57.6 Å². The highest BCUT2D eigenvalue weighted by Crippen LogP contribution is 2.27. The summed E-state index contributed by atoms with van der Waals surface area (Å²) in [5.74, 6) is 0.451. The average Bonchev–Trinajstić information content (AvgIpc) is 2.81. The molecule has 1 fully saturated rings. The molecule has 0 radical (unpaired) electrons. The van der Waals surface area contributed by atoms with Crippen LogP contribution in [-0.2, 0) is 10.0 Å². The van der Waals surface area contributed by atoms with Crippen LogP contribution in [0, 0.1) is 5.92 Å². The largest absolute Gasteiger partial charge is 0.508 e. The first-order valence-electron chi connectivity index (χ1n) is 6.25. The molecule has 100 valence electrons. The molecule has 1 aliphatic rings. The predicted molar refractivity (Wildman–Crippen MR) is 69.9 cm³/mol. The zero-order valence-electron chi connectivity index (χ0n) is 10.5. The fourth-order valence-electron chi connectivity index (χ4n) is 2.48. The van der Waals surface area contributed by atoms with E-state index in [2.05, 4.69) is 0 Å². The van der Waals surface area contributed by atoms with E-state index in [9.17, 15) is 13.5 Å². The maximum atomic E-state index is 12.3. The van der Waals surface area contributed by atoms with E-state index >= 15 is 0 Å². The fraction of sp³-hybridized carbons (Fsp3) is 0.538. The van der Waals surface area contributed by atoms with E-state index in [0.29, 0.717) is 12.5 Å². The van der Waals surface area contributed by atoms with Crippen LogP contribution in [0.1, 0.15) is 25.7 Å². The smallest absolute Gasteiger partial charge is 0.242 e. The molecule has 0 aliphatic heterocycles. The Morgan fingerprint density at radius 2 is 2.00 bits per heavy atom. The van der Waals surface area contributed by atoms with E-state index in [1.54, 1.807) is 13.1 Å². The molecule has 5 heteroatoms. The SMILES string of the molecule is CN(CC1CCCC1)S(=O)(=O)c1cccc(O)c1. The van der Waals surface area contributed by atoms with Crippen molar-refractivity contribution >= 4 is 10.0 Å². The highest BCUT2D eigenvalue weighted by atomic mass is 32.2. The molecule has 1 aromatic carbocycles. The van der Waals surface area contributed by atoms with Crippen LogP contribution in [0.15, 0.2) is 29.2 Å². The predicted octanol–water partition coefficient (Wildman–Crippen LogP) is 2.20. The highest BCUT2D eigenvalue weighted by Gasteiger charge is 2.25. The third-order valence-corrected chi connectivity index (χ3v) is 5.34. The van der Waals surface area contributed by atoms with E-state index in [0.717, 1.165) is 12.8 Å². The number of hydrogen-bond donors (Lipinski definition) is 1. The lowest BCUT2D eigenvalue weighted by molar-refractivity contribution is 0.387. The van der Waals surface area contributed by atoms with Gasteiger partial charge in [-0.3, -0.25) is 0 Å². The molecule has 0 atom stereocenters. The van der Waals surface area contributed by atoms with Crippen LogP contribution < -0.4 is 0 Å². The molecule has 0 spiro atoms. The van der Waals surface area contributed by atoms with E-state index in [4.69, 9.17) is 0 Å². The summed E-state index contributed by atoms with van der Waals surface area (Å²) >= 11 is 0. The zero-order chi connectivity index (χ0) is 13.2. The van der Waals surface area contributed by atoms with E-state index in [-0.39, 0.29) is 10.6 Å². The van der Waals surface area contributed by atoms with Crippen molar-refractivity contribution in [3.05, 3.63) is 24.3 Å². The Hall–Kier alpha value is -1.07. The Labute approximate surface area is 108 Å². The molecule has 0 amide bonds. The quantitative estimate of drug-likeness (QED) is 0.911. The van der Waals surface area contributed by atoms with E-state index < -0.39 is 10.0 Å². The lowest BCUT2D eigenvalue weighted by Gasteiger charge is -2.20. The number of aromatic hydroxyl groups is 1. The van der Waals surface area contributed by atoms with Crippen molar-refractivity contribution in [1.29, 1.82) is 0 Å². The Morgan fingerprint density at radius 1 is 1.33 bits per heavy atom. The van der Waals surface area contributed by atoms with E-state index in [1.165, 1.54) is 35.3 Å². The molecular weight excluding hydrogens is 250 g/mol. The standard InChI is InChI=1S/C13H19NO3S/c1-14(10-11-5-2-3-6-11)18(16,17)13-8-4-7-12(15)9-13/h4,7-9,11,15H,2-3,5-6,10H2,1H3. The normalized spacial score (nSPS) is 17.4. The number of rotatable bonds is 4. The van der Waals surface area contributed by atoms with Crippen LogP contribution in [0.2, 0.25) is 0 Å². The third kappa shape index (κ3) is 2.84. The summed E-state index contributed by atoms with van der Waals surface area (Å²) in [6.45, 7) is 0.567. The molecule has 1 aromatic rings. The van der Waals surface area contributed by atoms with E-state index in [1.807, 2.05) is 0 Å². The van der Waals surface area contributed by atoms with Crippen LogP contribution in [0.4, 0.5) is 0 Å². The Kier molecular flexibility index (Phi) is 3.92. The summed E-state index contributed by atoms with van der Waals surface area (Å²) < 4.78 is 26.0. The summed E-state index contributed by atoms with van der Waals surface area (Å²) in [4.78, 5) is 0.156. The fourth-order valence-corrected chi connectivity index (χ4v) is 3.77. The number of nitrogens with zero attached hydrogens (tertiary/aromatic N) is 1. The number of phenols is 1. The van der Waals surface area contributed by atoms with Gasteiger partial charge in [-0.05, 0) is 37.0 Å². The van der Waals surface area contributed by atoms with Gasteiger partial charge in [-0.15, -0.1) is 0 Å². The minimum Gasteiger partial charge on any atom is -0.508 e. The monoisotopic (exact) mass is 269 g/mol. The molecule has 0 unspecified atom stereocenters. The minimum atomic E-state index is -3.48. The lowest BCUT2D eigenvalue weighted by Crippen LogP contribution is -2.31. The van der Waals surface area contributed by atoms with Gasteiger partial charge in [0.1, 0.15) is 5.75 Å². The molecule has 0 bridgehead atoms. The average molecular weight is 269 g/mol. The first-order chi connectivity index (χ1) is 8.50. The van der Waals surface area contributed by atoms with Gasteiger partial charge in [0.2, 0.25) is 10.0 Å². The summed E-state index contributed by atoms with van der Waals surface area (Å²) in [5, 5.41) is 9.36. The zero-order valence-corrected chi connectivity index (χ0v) is 11.4. The second-order valence-corrected chi connectivity index (χ2v) is 6.98. The highest BCUT2D eigenvalue weighted by molar-refractivity contribution is 7.89. The first kappa shape index (κ1) is 13.4. The molecule has 18 heavy (non-hydrogen) atoms. The summed E-state index contributed by atoms with van der Waals surface area (Å²) in [5.41, 5.74) is 0. The Morgan fingerprint density at radius 3 is 2.61 bits per heavy atom. The van der Waals surface area contributed by atoms with Crippen LogP contribution in [-0.4, -0.2) is 31.4 Å². The molecule has 0 saturated heterocycles. The van der Waals surface area contributed by atoms with Crippen molar-refractivity contribution in [3.8, 4) is 5.75 Å². The second-order valence-electron chi connectivity index (χ2n) is 4.93. The molecule has 0 aromatic heterocycles. The van der Waals surface area contributed by atoms with Gasteiger partial charge in [0.05, 0.1) is 4.90 Å². The summed E-state index contributed by atoms with van der Waals surface area (Å²) in [7, 11) is -1.87. The molecule has 2 rings (SSSR count). The van der Waals surface area contributed by atoms with Gasteiger partial charge in [-0.2, -0.15) is 0 Å². The van der Waals surface area contributed by atoms with Crippen molar-refractivity contribution in [2.45, 2.75) is 30.6 Å². The van der Waals surface area contributed by atoms with Crippen LogP contribution in [0.3, 0.4) is 0 Å². The van der Waals surface area contributed by atoms with Gasteiger partial charge in [0.15, 0.2) is 0 Å². The molecule has 4 nitrogen and oxygen atoms in total. The van der Waals surface area contributed by atoms with Crippen LogP contribution in [0.5, 0.6) is 5.75 Å². The van der Waals surface area contributed by atoms with Gasteiger partial charge in [0.25, 0.3) is 0 Å². The number of phenolic OH excluding ortho intramolecular Hbond substituents is 1. The Balaban J connectivity index is 2.14. The molecule has 1 saturated carbocycles. The van der Waals surface area contributed by atoms with Crippen molar-refractivity contribution in [2.24, 2.45) is 5.92 Å². The van der Waals surface area contributed by atoms with Crippen molar-refractivity contribution in [1.82, 2.24) is 4.31 Å². The number of sulfonamides is 1. The van der Waals surface area contributed by atoms with Crippen molar-refractivity contribution in [2.75, 3.05) is 13.6 Å². The minimum absolute atomic E-state index is 0.0228. The maximum Gasteiger partial charge on any atom is 0.242 e. The van der Waals surface area contributed by atoms with Crippen LogP contribution >= 0.6 is 0 Å². The van der Waals surface area contributed by atoms with Crippen LogP contribution in [0.25, 0.3) is 0 Å². The first-order valence-corrected chi connectivity index (χ1v) is 7.69. The van der Waals surface area contributed by atoms with Gasteiger partial charge >= 0.3 is 0 Å². The Bertz CT molecular complexity index is 507. The maximum absolute atomic E-state index is 12.3.